The second kappa shape index (κ2) is 5.50. The maximum absolute atomic E-state index is 3.48. The van der Waals surface area contributed by atoms with Crippen LogP contribution < -0.4 is 0 Å². The van der Waals surface area contributed by atoms with Crippen LogP contribution in [-0.4, -0.2) is 6.72 Å². The Morgan fingerprint density at radius 1 is 1.57 bits per heavy atom. The number of thioether (sulfide) groups is 1. The van der Waals surface area contributed by atoms with Crippen molar-refractivity contribution in [3.8, 4) is 0 Å². The van der Waals surface area contributed by atoms with Crippen molar-refractivity contribution in [1.82, 2.24) is 0 Å². The van der Waals surface area contributed by atoms with Gasteiger partial charge in [-0.3, -0.25) is 4.99 Å². The van der Waals surface area contributed by atoms with E-state index in [1.165, 1.54) is 11.8 Å². The summed E-state index contributed by atoms with van der Waals surface area (Å²) in [4.78, 5) is 3.47. The average Bonchev–Trinajstić information content (AvgIpc) is 1.69. The Bertz CT molecular complexity index is 86.1. The van der Waals surface area contributed by atoms with E-state index < -0.39 is 0 Å². The minimum Gasteiger partial charge on any atom is -0.272 e. The van der Waals surface area contributed by atoms with Crippen molar-refractivity contribution in [2.24, 2.45) is 4.99 Å². The van der Waals surface area contributed by atoms with Gasteiger partial charge >= 0.3 is 0 Å². The van der Waals surface area contributed by atoms with Crippen molar-refractivity contribution < 1.29 is 0 Å². The molecule has 38 valence electrons. The summed E-state index contributed by atoms with van der Waals surface area (Å²) in [7, 11) is 0. The molecule has 0 radical (unpaired) electrons. The van der Waals surface area contributed by atoms with Crippen LogP contribution in [0.4, 0.5) is 0 Å². The molecule has 0 rings (SSSR count). The summed E-state index contributed by atoms with van der Waals surface area (Å²) in [6, 6.07) is 0. The van der Waals surface area contributed by atoms with E-state index in [4.69, 9.17) is 0 Å². The smallest absolute Gasteiger partial charge is 0.0326 e. The third kappa shape index (κ3) is 5.50. The minimum atomic E-state index is 1.48. The summed E-state index contributed by atoms with van der Waals surface area (Å²) in [5, 5.41) is 3.53. The number of aliphatic imine (C=N–C) groups is 1. The second-order valence-electron chi connectivity index (χ2n) is 0.770. The fourth-order valence-electron chi connectivity index (χ4n) is 0.134. The van der Waals surface area contributed by atoms with Crippen molar-refractivity contribution in [3.63, 3.8) is 0 Å². The SMILES string of the molecule is C=CS/C=C\N=C. The van der Waals surface area contributed by atoms with E-state index in [1.54, 1.807) is 17.0 Å². The summed E-state index contributed by atoms with van der Waals surface area (Å²) in [6.07, 6.45) is 1.62. The first-order valence-electron chi connectivity index (χ1n) is 1.79. The van der Waals surface area contributed by atoms with E-state index in [-0.39, 0.29) is 0 Å². The van der Waals surface area contributed by atoms with Gasteiger partial charge in [0.05, 0.1) is 0 Å². The van der Waals surface area contributed by atoms with Crippen molar-refractivity contribution in [2.45, 2.75) is 0 Å². The van der Waals surface area contributed by atoms with Crippen molar-refractivity contribution >= 4 is 18.5 Å². The lowest BCUT2D eigenvalue weighted by molar-refractivity contribution is 1.64. The predicted molar refractivity (Wildman–Crippen MR) is 36.5 cm³/mol. The normalized spacial score (nSPS) is 9.14. The quantitative estimate of drug-likeness (QED) is 0.510. The molecule has 0 aliphatic rings. The van der Waals surface area contributed by atoms with Gasteiger partial charge in [0, 0.05) is 6.20 Å². The minimum absolute atomic E-state index is 1.48. The van der Waals surface area contributed by atoms with Gasteiger partial charge in [-0.05, 0) is 17.5 Å². The molecule has 0 aromatic heterocycles. The van der Waals surface area contributed by atoms with E-state index in [2.05, 4.69) is 18.3 Å². The van der Waals surface area contributed by atoms with Crippen LogP contribution in [0.15, 0.2) is 28.6 Å². The van der Waals surface area contributed by atoms with Gasteiger partial charge in [-0.25, -0.2) is 0 Å². The maximum atomic E-state index is 3.48. The maximum Gasteiger partial charge on any atom is 0.0326 e. The van der Waals surface area contributed by atoms with E-state index in [0.29, 0.717) is 0 Å². The number of hydrogen-bond acceptors (Lipinski definition) is 2. The number of nitrogens with zero attached hydrogens (tertiary/aromatic N) is 1. The molecule has 2 heteroatoms. The first-order valence-corrected chi connectivity index (χ1v) is 2.73. The Morgan fingerprint density at radius 2 is 2.29 bits per heavy atom. The number of rotatable bonds is 3. The average molecular weight is 113 g/mol. The zero-order valence-corrected chi connectivity index (χ0v) is 4.82. The Balaban J connectivity index is 3.08. The first kappa shape index (κ1) is 6.50. The molecule has 0 saturated carbocycles. The van der Waals surface area contributed by atoms with Crippen LogP contribution in [0.25, 0.3) is 0 Å². The molecular weight excluding hydrogens is 106 g/mol. The lowest BCUT2D eigenvalue weighted by Crippen LogP contribution is -1.40. The highest BCUT2D eigenvalue weighted by Crippen LogP contribution is 1.99. The highest BCUT2D eigenvalue weighted by atomic mass is 32.2. The summed E-state index contributed by atoms with van der Waals surface area (Å²) in [5.74, 6) is 0. The molecule has 0 N–H and O–H groups in total. The van der Waals surface area contributed by atoms with Crippen LogP contribution in [0.5, 0.6) is 0 Å². The molecule has 0 unspecified atom stereocenters. The van der Waals surface area contributed by atoms with Crippen LogP contribution in [0, 0.1) is 0 Å². The summed E-state index contributed by atoms with van der Waals surface area (Å²) in [5.41, 5.74) is 0. The molecular formula is C5H7NS. The molecule has 7 heavy (non-hydrogen) atoms. The summed E-state index contributed by atoms with van der Waals surface area (Å²) < 4.78 is 0. The van der Waals surface area contributed by atoms with Gasteiger partial charge in [0.1, 0.15) is 0 Å². The van der Waals surface area contributed by atoms with Gasteiger partial charge in [0.25, 0.3) is 0 Å². The molecule has 0 spiro atoms. The first-order chi connectivity index (χ1) is 3.41. The lowest BCUT2D eigenvalue weighted by atomic mass is 11.1. The molecule has 0 aliphatic carbocycles. The number of hydrogen-bond donors (Lipinski definition) is 0. The fraction of sp³-hybridized carbons (Fsp3) is 0. The topological polar surface area (TPSA) is 12.4 Å². The van der Waals surface area contributed by atoms with Crippen molar-refractivity contribution in [2.75, 3.05) is 0 Å². The van der Waals surface area contributed by atoms with Crippen LogP contribution in [0.3, 0.4) is 0 Å². The van der Waals surface area contributed by atoms with E-state index >= 15 is 0 Å². The molecule has 0 amide bonds. The molecule has 1 nitrogen and oxygen atoms in total. The molecule has 0 heterocycles. The molecule has 0 aromatic rings. The van der Waals surface area contributed by atoms with E-state index in [1.807, 2.05) is 0 Å². The fourth-order valence-corrected chi connectivity index (χ4v) is 0.401. The standard InChI is InChI=1S/C5H7NS/c1-3-7-5-4-6-2/h3-5H,1-2H2/b5-4-. The Kier molecular flexibility index (Phi) is 5.11. The molecule has 0 aliphatic heterocycles. The lowest BCUT2D eigenvalue weighted by Gasteiger charge is -1.71. The predicted octanol–water partition coefficient (Wildman–Crippen LogP) is 2.03. The molecule has 0 aromatic carbocycles. The summed E-state index contributed by atoms with van der Waals surface area (Å²) in [6.45, 7) is 6.73. The van der Waals surface area contributed by atoms with Crippen LogP contribution >= 0.6 is 11.8 Å². The van der Waals surface area contributed by atoms with Crippen LogP contribution in [0.2, 0.25) is 0 Å². The van der Waals surface area contributed by atoms with Gasteiger partial charge in [-0.1, -0.05) is 6.58 Å². The summed E-state index contributed by atoms with van der Waals surface area (Å²) >= 11 is 1.48. The van der Waals surface area contributed by atoms with E-state index in [0.717, 1.165) is 0 Å². The second-order valence-corrected chi connectivity index (χ2v) is 1.65. The van der Waals surface area contributed by atoms with Gasteiger partial charge in [-0.2, -0.15) is 0 Å². The van der Waals surface area contributed by atoms with E-state index in [9.17, 15) is 0 Å². The third-order valence-electron chi connectivity index (χ3n) is 0.341. The third-order valence-corrected chi connectivity index (χ3v) is 0.812. The van der Waals surface area contributed by atoms with Crippen molar-refractivity contribution in [1.29, 1.82) is 0 Å². The van der Waals surface area contributed by atoms with Gasteiger partial charge < -0.3 is 0 Å². The monoisotopic (exact) mass is 113 g/mol. The Morgan fingerprint density at radius 3 is 2.71 bits per heavy atom. The zero-order chi connectivity index (χ0) is 5.54. The molecule has 0 fully saturated rings. The van der Waals surface area contributed by atoms with Gasteiger partial charge in [0.2, 0.25) is 0 Å². The van der Waals surface area contributed by atoms with Crippen molar-refractivity contribution in [3.05, 3.63) is 23.6 Å². The molecule has 0 saturated heterocycles. The Labute approximate surface area is 47.8 Å². The largest absolute Gasteiger partial charge is 0.272 e. The Hall–Kier alpha value is -0.500. The highest BCUT2D eigenvalue weighted by molar-refractivity contribution is 8.04. The van der Waals surface area contributed by atoms with Crippen LogP contribution in [0.1, 0.15) is 0 Å². The molecule has 0 bridgehead atoms. The zero-order valence-electron chi connectivity index (χ0n) is 4.00. The van der Waals surface area contributed by atoms with Gasteiger partial charge in [-0.15, -0.1) is 11.8 Å². The van der Waals surface area contributed by atoms with Gasteiger partial charge in [0.15, 0.2) is 0 Å². The van der Waals surface area contributed by atoms with Crippen LogP contribution in [-0.2, 0) is 0 Å². The highest BCUT2D eigenvalue weighted by Gasteiger charge is 1.60. The molecule has 0 atom stereocenters.